The maximum atomic E-state index is 12.3. The van der Waals surface area contributed by atoms with Crippen molar-refractivity contribution in [2.45, 2.75) is 20.4 Å². The number of hydrogen-bond acceptors (Lipinski definition) is 4. The molecule has 0 unspecified atom stereocenters. The lowest BCUT2D eigenvalue weighted by Crippen LogP contribution is -2.25. The molecule has 1 heterocycles. The van der Waals surface area contributed by atoms with Crippen LogP contribution in [-0.4, -0.2) is 23.1 Å². The average Bonchev–Trinajstić information content (AvgIpc) is 2.64. The summed E-state index contributed by atoms with van der Waals surface area (Å²) in [5, 5.41) is 7.94. The molecule has 0 saturated heterocycles. The fourth-order valence-electron chi connectivity index (χ4n) is 2.18. The van der Waals surface area contributed by atoms with Gasteiger partial charge in [0.15, 0.2) is 0 Å². The van der Waals surface area contributed by atoms with Crippen LogP contribution in [0.15, 0.2) is 71.0 Å². The highest BCUT2D eigenvalue weighted by atomic mass is 35.5. The molecule has 27 heavy (non-hydrogen) atoms. The van der Waals surface area contributed by atoms with Crippen molar-refractivity contribution in [2.75, 3.05) is 12.4 Å². The molecule has 2 aromatic rings. The molecule has 1 aromatic carbocycles. The molecule has 0 aliphatic rings. The van der Waals surface area contributed by atoms with Gasteiger partial charge in [0.1, 0.15) is 6.29 Å². The molecule has 6 heteroatoms. The Hall–Kier alpha value is -2.92. The number of allylic oxidation sites excluding steroid dienone is 4. The third-order valence-electron chi connectivity index (χ3n) is 3.48. The monoisotopic (exact) mass is 385 g/mol. The summed E-state index contributed by atoms with van der Waals surface area (Å²) >= 11 is 5.70. The Morgan fingerprint density at radius 1 is 1.26 bits per heavy atom. The summed E-state index contributed by atoms with van der Waals surface area (Å²) in [6.45, 7) is 11.0. The van der Waals surface area contributed by atoms with E-state index in [-0.39, 0.29) is 5.56 Å². The third kappa shape index (κ3) is 7.07. The zero-order valence-electron chi connectivity index (χ0n) is 15.8. The molecule has 2 rings (SSSR count). The number of halogens is 1. The van der Waals surface area contributed by atoms with Gasteiger partial charge in [0.05, 0.1) is 12.2 Å². The van der Waals surface area contributed by atoms with E-state index in [1.807, 2.05) is 31.3 Å². The number of nitrogens with zero attached hydrogens (tertiary/aromatic N) is 2. The summed E-state index contributed by atoms with van der Waals surface area (Å²) in [4.78, 5) is 21.1. The van der Waals surface area contributed by atoms with Gasteiger partial charge in [-0.15, -0.1) is 0 Å². The first-order chi connectivity index (χ1) is 12.8. The number of hydrogen-bond donors (Lipinski definition) is 1. The Morgan fingerprint density at radius 2 is 1.85 bits per heavy atom. The first-order valence-corrected chi connectivity index (χ1v) is 8.67. The van der Waals surface area contributed by atoms with Crippen molar-refractivity contribution >= 4 is 23.6 Å². The lowest BCUT2D eigenvalue weighted by molar-refractivity contribution is -0.106. The van der Waals surface area contributed by atoms with Crippen LogP contribution in [0.2, 0.25) is 0 Å². The Balaban J connectivity index is 0.00000114. The molecule has 5 nitrogen and oxygen atoms in total. The summed E-state index contributed by atoms with van der Waals surface area (Å²) in [6, 6.07) is 9.67. The van der Waals surface area contributed by atoms with E-state index >= 15 is 0 Å². The number of benzene rings is 1. The van der Waals surface area contributed by atoms with Crippen LogP contribution < -0.4 is 10.9 Å². The maximum Gasteiger partial charge on any atom is 0.270 e. The molecule has 0 bridgehead atoms. The molecule has 0 aliphatic heterocycles. The number of carbonyl (C=O) groups is 1. The Morgan fingerprint density at radius 3 is 2.37 bits per heavy atom. The fourth-order valence-corrected chi connectivity index (χ4v) is 2.25. The molecule has 1 aromatic heterocycles. The lowest BCUT2D eigenvalue weighted by Gasteiger charge is -2.10. The SMILES string of the molecule is C=C(Cl)/C=C\C(=C)Cn1nc(-c2ccc(NC)cc2)cc(C)c1=O.CC=O. The van der Waals surface area contributed by atoms with Crippen LogP contribution in [-0.2, 0) is 11.3 Å². The summed E-state index contributed by atoms with van der Waals surface area (Å²) < 4.78 is 1.42. The molecular weight excluding hydrogens is 362 g/mol. The van der Waals surface area contributed by atoms with Crippen molar-refractivity contribution in [1.29, 1.82) is 0 Å². The van der Waals surface area contributed by atoms with Gasteiger partial charge in [0, 0.05) is 28.9 Å². The number of rotatable bonds is 6. The van der Waals surface area contributed by atoms with Crippen LogP contribution in [0, 0.1) is 6.92 Å². The van der Waals surface area contributed by atoms with E-state index < -0.39 is 0 Å². The summed E-state index contributed by atoms with van der Waals surface area (Å²) in [5.74, 6) is 0. The molecule has 0 atom stereocenters. The summed E-state index contributed by atoms with van der Waals surface area (Å²) in [6.07, 6.45) is 4.12. The van der Waals surface area contributed by atoms with Crippen LogP contribution in [0.5, 0.6) is 0 Å². The molecule has 0 radical (unpaired) electrons. The van der Waals surface area contributed by atoms with Crippen molar-refractivity contribution in [3.05, 3.63) is 82.2 Å². The highest BCUT2D eigenvalue weighted by molar-refractivity contribution is 6.30. The number of nitrogens with one attached hydrogen (secondary N) is 1. The number of carbonyl (C=O) groups excluding carboxylic acids is 1. The second kappa shape index (κ2) is 10.9. The van der Waals surface area contributed by atoms with Crippen molar-refractivity contribution < 1.29 is 4.79 Å². The van der Waals surface area contributed by atoms with Gasteiger partial charge in [0.25, 0.3) is 5.56 Å². The van der Waals surface area contributed by atoms with E-state index in [1.165, 1.54) is 11.6 Å². The van der Waals surface area contributed by atoms with Gasteiger partial charge >= 0.3 is 0 Å². The van der Waals surface area contributed by atoms with Gasteiger partial charge in [-0.05, 0) is 43.7 Å². The quantitative estimate of drug-likeness (QED) is 0.593. The molecule has 0 spiro atoms. The number of aromatic nitrogens is 2. The number of aldehydes is 1. The largest absolute Gasteiger partial charge is 0.388 e. The topological polar surface area (TPSA) is 64.0 Å². The van der Waals surface area contributed by atoms with E-state index in [2.05, 4.69) is 23.6 Å². The molecule has 1 N–H and O–H groups in total. The zero-order valence-corrected chi connectivity index (χ0v) is 16.6. The first-order valence-electron chi connectivity index (χ1n) is 8.29. The lowest BCUT2D eigenvalue weighted by atomic mass is 10.1. The standard InChI is InChI=1S/C19H20ClN3O.C2H4O/c1-13(5-6-15(3)20)12-23-19(24)14(2)11-18(22-23)16-7-9-17(21-4)10-8-16;1-2-3/h5-11,21H,1,3,12H2,2,4H3;2H,1H3/b6-5-;. The number of anilines is 1. The second-order valence-corrected chi connectivity index (χ2v) is 6.16. The first kappa shape index (κ1) is 22.1. The minimum absolute atomic E-state index is 0.134. The fraction of sp³-hybridized carbons (Fsp3) is 0.190. The molecule has 0 fully saturated rings. The van der Waals surface area contributed by atoms with Gasteiger partial charge in [-0.3, -0.25) is 4.79 Å². The Labute approximate surface area is 164 Å². The van der Waals surface area contributed by atoms with E-state index in [0.717, 1.165) is 23.2 Å². The van der Waals surface area contributed by atoms with Crippen LogP contribution in [0.3, 0.4) is 0 Å². The van der Waals surface area contributed by atoms with Gasteiger partial charge in [-0.1, -0.05) is 43.0 Å². The smallest absolute Gasteiger partial charge is 0.270 e. The van der Waals surface area contributed by atoms with Crippen molar-refractivity contribution in [2.24, 2.45) is 0 Å². The minimum Gasteiger partial charge on any atom is -0.388 e. The molecule has 142 valence electrons. The Kier molecular flexibility index (Phi) is 8.96. The highest BCUT2D eigenvalue weighted by Crippen LogP contribution is 2.19. The van der Waals surface area contributed by atoms with Gasteiger partial charge in [-0.25, -0.2) is 4.68 Å². The summed E-state index contributed by atoms with van der Waals surface area (Å²) in [5.41, 5.74) is 3.92. The van der Waals surface area contributed by atoms with Gasteiger partial charge < -0.3 is 10.1 Å². The third-order valence-corrected chi connectivity index (χ3v) is 3.60. The second-order valence-electron chi connectivity index (χ2n) is 5.68. The number of aryl methyl sites for hydroxylation is 1. The van der Waals surface area contributed by atoms with Crippen molar-refractivity contribution in [3.63, 3.8) is 0 Å². The van der Waals surface area contributed by atoms with Gasteiger partial charge in [-0.2, -0.15) is 5.10 Å². The maximum absolute atomic E-state index is 12.3. The van der Waals surface area contributed by atoms with E-state index in [4.69, 9.17) is 16.4 Å². The van der Waals surface area contributed by atoms with E-state index in [1.54, 1.807) is 25.1 Å². The van der Waals surface area contributed by atoms with Gasteiger partial charge in [0.2, 0.25) is 0 Å². The molecule has 0 saturated carbocycles. The predicted molar refractivity (Wildman–Crippen MR) is 113 cm³/mol. The van der Waals surface area contributed by atoms with Crippen LogP contribution in [0.4, 0.5) is 5.69 Å². The van der Waals surface area contributed by atoms with Crippen molar-refractivity contribution in [3.8, 4) is 11.3 Å². The van der Waals surface area contributed by atoms with Crippen LogP contribution in [0.25, 0.3) is 11.3 Å². The molecular formula is C21H24ClN3O2. The highest BCUT2D eigenvalue weighted by Gasteiger charge is 2.08. The predicted octanol–water partition coefficient (Wildman–Crippen LogP) is 4.33. The normalized spacial score (nSPS) is 10.1. The molecule has 0 aliphatic carbocycles. The summed E-state index contributed by atoms with van der Waals surface area (Å²) in [7, 11) is 1.87. The van der Waals surface area contributed by atoms with E-state index in [0.29, 0.717) is 22.7 Å². The van der Waals surface area contributed by atoms with E-state index in [9.17, 15) is 4.79 Å². The Bertz CT molecular complexity index is 897. The van der Waals surface area contributed by atoms with Crippen LogP contribution in [0.1, 0.15) is 12.5 Å². The molecule has 0 amide bonds. The van der Waals surface area contributed by atoms with Crippen molar-refractivity contribution in [1.82, 2.24) is 9.78 Å². The zero-order chi connectivity index (χ0) is 20.4. The van der Waals surface area contributed by atoms with Crippen LogP contribution >= 0.6 is 11.6 Å². The average molecular weight is 386 g/mol. The minimum atomic E-state index is -0.134.